The van der Waals surface area contributed by atoms with Crippen LogP contribution in [0.25, 0.3) is 0 Å². The number of rotatable bonds is 8. The summed E-state index contributed by atoms with van der Waals surface area (Å²) in [6.45, 7) is 9.58. The Balaban J connectivity index is 2.17. The average Bonchev–Trinajstić information content (AvgIpc) is 2.38. The molecule has 0 bridgehead atoms. The van der Waals surface area contributed by atoms with E-state index in [0.717, 1.165) is 16.7 Å². The topological polar surface area (TPSA) is 0 Å². The van der Waals surface area contributed by atoms with Crippen LogP contribution in [0.5, 0.6) is 0 Å². The molecule has 1 aliphatic carbocycles. The first-order valence-corrected chi connectivity index (χ1v) is 10.0. The molecule has 120 valence electrons. The molecule has 0 heterocycles. The molecular weight excluding hydrogens is 308 g/mol. The van der Waals surface area contributed by atoms with Gasteiger partial charge in [-0.05, 0) is 42.9 Å². The summed E-state index contributed by atoms with van der Waals surface area (Å²) in [7, 11) is 0. The van der Waals surface area contributed by atoms with Crippen LogP contribution in [0.4, 0.5) is 0 Å². The molecule has 0 spiro atoms. The zero-order valence-corrected chi connectivity index (χ0v) is 16.0. The van der Waals surface area contributed by atoms with Crippen LogP contribution < -0.4 is 0 Å². The first-order chi connectivity index (χ1) is 9.45. The lowest BCUT2D eigenvalue weighted by atomic mass is 9.68. The lowest BCUT2D eigenvalue weighted by Crippen LogP contribution is -2.32. The van der Waals surface area contributed by atoms with Crippen molar-refractivity contribution in [2.75, 3.05) is 0 Å². The normalized spacial score (nSPS) is 27.8. The molecule has 3 unspecified atom stereocenters. The maximum Gasteiger partial charge on any atom is 0.0174 e. The number of hydrogen-bond donors (Lipinski definition) is 0. The van der Waals surface area contributed by atoms with Crippen LogP contribution >= 0.6 is 15.9 Å². The molecule has 1 fully saturated rings. The standard InChI is InChI=1S/C19H37Br/c1-5-6-7-8-9-10-11-12-16-15-17(19(2,3)4)13-14-18(16)20/h16-18H,5-15H2,1-4H3. The number of hydrogen-bond acceptors (Lipinski definition) is 0. The van der Waals surface area contributed by atoms with E-state index in [9.17, 15) is 0 Å². The van der Waals surface area contributed by atoms with Crippen LogP contribution in [-0.2, 0) is 0 Å². The molecular formula is C19H37Br. The molecule has 0 aromatic heterocycles. The zero-order chi connectivity index (χ0) is 15.0. The summed E-state index contributed by atoms with van der Waals surface area (Å²) in [6.07, 6.45) is 15.8. The van der Waals surface area contributed by atoms with Crippen molar-refractivity contribution >= 4 is 15.9 Å². The Morgan fingerprint density at radius 1 is 0.900 bits per heavy atom. The fourth-order valence-corrected chi connectivity index (χ4v) is 4.42. The second-order valence-electron chi connectivity index (χ2n) is 8.06. The Hall–Kier alpha value is 0.480. The van der Waals surface area contributed by atoms with Crippen molar-refractivity contribution in [2.45, 2.75) is 103 Å². The van der Waals surface area contributed by atoms with E-state index >= 15 is 0 Å². The zero-order valence-electron chi connectivity index (χ0n) is 14.4. The summed E-state index contributed by atoms with van der Waals surface area (Å²) in [5.41, 5.74) is 0.505. The van der Waals surface area contributed by atoms with Gasteiger partial charge in [0.15, 0.2) is 0 Å². The molecule has 0 aromatic rings. The minimum absolute atomic E-state index is 0.505. The van der Waals surface area contributed by atoms with E-state index in [1.807, 2.05) is 0 Å². The van der Waals surface area contributed by atoms with Crippen molar-refractivity contribution in [1.29, 1.82) is 0 Å². The molecule has 0 amide bonds. The maximum absolute atomic E-state index is 3.95. The van der Waals surface area contributed by atoms with Crippen LogP contribution in [0.3, 0.4) is 0 Å². The van der Waals surface area contributed by atoms with Gasteiger partial charge in [-0.25, -0.2) is 0 Å². The smallest absolute Gasteiger partial charge is 0.0174 e. The second-order valence-corrected chi connectivity index (χ2v) is 9.24. The third-order valence-electron chi connectivity index (χ3n) is 5.29. The van der Waals surface area contributed by atoms with E-state index in [1.165, 1.54) is 70.6 Å². The highest BCUT2D eigenvalue weighted by atomic mass is 79.9. The van der Waals surface area contributed by atoms with E-state index in [4.69, 9.17) is 0 Å². The quantitative estimate of drug-likeness (QED) is 0.318. The lowest BCUT2D eigenvalue weighted by molar-refractivity contribution is 0.141. The second kappa shape index (κ2) is 9.49. The van der Waals surface area contributed by atoms with Gasteiger partial charge in [-0.3, -0.25) is 0 Å². The summed E-state index contributed by atoms with van der Waals surface area (Å²) < 4.78 is 0. The highest BCUT2D eigenvalue weighted by molar-refractivity contribution is 9.09. The SMILES string of the molecule is CCCCCCCCCC1CC(C(C)(C)C)CCC1Br. The maximum atomic E-state index is 3.95. The van der Waals surface area contributed by atoms with E-state index in [1.54, 1.807) is 0 Å². The molecule has 0 aliphatic heterocycles. The van der Waals surface area contributed by atoms with Crippen LogP contribution in [0.1, 0.15) is 98.3 Å². The Bertz CT molecular complexity index is 241. The largest absolute Gasteiger partial charge is 0.0888 e. The van der Waals surface area contributed by atoms with Crippen molar-refractivity contribution < 1.29 is 0 Å². The van der Waals surface area contributed by atoms with Crippen molar-refractivity contribution in [3.8, 4) is 0 Å². The molecule has 0 saturated heterocycles. The predicted octanol–water partition coefficient (Wildman–Crippen LogP) is 7.35. The number of alkyl halides is 1. The fourth-order valence-electron chi connectivity index (χ4n) is 3.68. The molecule has 0 nitrogen and oxygen atoms in total. The molecule has 20 heavy (non-hydrogen) atoms. The van der Waals surface area contributed by atoms with Gasteiger partial charge in [0.05, 0.1) is 0 Å². The van der Waals surface area contributed by atoms with Crippen LogP contribution in [0.15, 0.2) is 0 Å². The van der Waals surface area contributed by atoms with Gasteiger partial charge in [0, 0.05) is 4.83 Å². The van der Waals surface area contributed by atoms with Gasteiger partial charge in [0.2, 0.25) is 0 Å². The van der Waals surface area contributed by atoms with Gasteiger partial charge in [-0.15, -0.1) is 0 Å². The molecule has 3 atom stereocenters. The minimum atomic E-state index is 0.505. The highest BCUT2D eigenvalue weighted by Crippen LogP contribution is 2.44. The molecule has 0 radical (unpaired) electrons. The van der Waals surface area contributed by atoms with E-state index < -0.39 is 0 Å². The molecule has 1 saturated carbocycles. The van der Waals surface area contributed by atoms with Crippen molar-refractivity contribution in [1.82, 2.24) is 0 Å². The number of halogens is 1. The Morgan fingerprint density at radius 3 is 2.10 bits per heavy atom. The van der Waals surface area contributed by atoms with Gasteiger partial charge in [-0.1, -0.05) is 88.6 Å². The summed E-state index contributed by atoms with van der Waals surface area (Å²) >= 11 is 3.95. The third kappa shape index (κ3) is 6.96. The van der Waals surface area contributed by atoms with Crippen LogP contribution in [-0.4, -0.2) is 4.83 Å². The summed E-state index contributed by atoms with van der Waals surface area (Å²) in [6, 6.07) is 0. The summed E-state index contributed by atoms with van der Waals surface area (Å²) in [5.74, 6) is 1.87. The minimum Gasteiger partial charge on any atom is -0.0888 e. The summed E-state index contributed by atoms with van der Waals surface area (Å²) in [4.78, 5) is 0.793. The van der Waals surface area contributed by atoms with E-state index in [2.05, 4.69) is 43.6 Å². The summed E-state index contributed by atoms with van der Waals surface area (Å²) in [5, 5.41) is 0. The van der Waals surface area contributed by atoms with Gasteiger partial charge >= 0.3 is 0 Å². The third-order valence-corrected chi connectivity index (χ3v) is 6.50. The Kier molecular flexibility index (Phi) is 8.79. The molecule has 0 N–H and O–H groups in total. The van der Waals surface area contributed by atoms with Gasteiger partial charge in [-0.2, -0.15) is 0 Å². The van der Waals surface area contributed by atoms with Crippen molar-refractivity contribution in [3.63, 3.8) is 0 Å². The first-order valence-electron chi connectivity index (χ1n) is 9.09. The first kappa shape index (κ1) is 18.5. The van der Waals surface area contributed by atoms with Gasteiger partial charge in [0.1, 0.15) is 0 Å². The molecule has 1 heteroatoms. The monoisotopic (exact) mass is 344 g/mol. The van der Waals surface area contributed by atoms with Gasteiger partial charge < -0.3 is 0 Å². The van der Waals surface area contributed by atoms with Crippen LogP contribution in [0.2, 0.25) is 0 Å². The van der Waals surface area contributed by atoms with Gasteiger partial charge in [0.25, 0.3) is 0 Å². The van der Waals surface area contributed by atoms with Crippen molar-refractivity contribution in [2.24, 2.45) is 17.3 Å². The van der Waals surface area contributed by atoms with E-state index in [0.29, 0.717) is 5.41 Å². The van der Waals surface area contributed by atoms with E-state index in [-0.39, 0.29) is 0 Å². The molecule has 1 rings (SSSR count). The highest BCUT2D eigenvalue weighted by Gasteiger charge is 2.34. The van der Waals surface area contributed by atoms with Crippen LogP contribution in [0, 0.1) is 17.3 Å². The molecule has 0 aromatic carbocycles. The number of unbranched alkanes of at least 4 members (excludes halogenated alkanes) is 6. The fraction of sp³-hybridized carbons (Fsp3) is 1.00. The predicted molar refractivity (Wildman–Crippen MR) is 95.6 cm³/mol. The Labute approximate surface area is 136 Å². The average molecular weight is 345 g/mol. The molecule has 1 aliphatic rings. The Morgan fingerprint density at radius 2 is 1.50 bits per heavy atom. The lowest BCUT2D eigenvalue weighted by Gasteiger charge is -2.40. The van der Waals surface area contributed by atoms with Crippen molar-refractivity contribution in [3.05, 3.63) is 0 Å².